The molecule has 0 aliphatic heterocycles. The first kappa shape index (κ1) is 15.9. The molecule has 10 heteroatoms. The molecule has 6 nitrogen and oxygen atoms in total. The lowest BCUT2D eigenvalue weighted by Gasteiger charge is -2.24. The van der Waals surface area contributed by atoms with Crippen LogP contribution in [0.25, 0.3) is 5.69 Å². The third kappa shape index (κ3) is 3.08. The maximum absolute atomic E-state index is 12.9. The zero-order valence-electron chi connectivity index (χ0n) is 11.8. The van der Waals surface area contributed by atoms with Gasteiger partial charge in [0.05, 0.1) is 10.6 Å². The number of nitrogens with zero attached hydrogens (tertiary/aromatic N) is 3. The molecule has 0 atom stereocenters. The molecule has 2 aromatic rings. The van der Waals surface area contributed by atoms with E-state index in [1.165, 1.54) is 24.3 Å². The second-order valence-electron chi connectivity index (χ2n) is 5.37. The van der Waals surface area contributed by atoms with Crippen LogP contribution in [0.4, 0.5) is 13.2 Å². The Kier molecular flexibility index (Phi) is 3.68. The number of aromatic nitrogens is 3. The van der Waals surface area contributed by atoms with Crippen LogP contribution < -0.4 is 5.14 Å². The predicted molar refractivity (Wildman–Crippen MR) is 74.3 cm³/mol. The first-order valence-corrected chi connectivity index (χ1v) is 8.38. The molecule has 0 saturated heterocycles. The number of alkyl halides is 3. The van der Waals surface area contributed by atoms with Crippen LogP contribution in [0.2, 0.25) is 0 Å². The van der Waals surface area contributed by atoms with Crippen molar-refractivity contribution in [3.63, 3.8) is 0 Å². The molecule has 1 aliphatic rings. The van der Waals surface area contributed by atoms with Crippen molar-refractivity contribution in [2.45, 2.75) is 36.3 Å². The highest BCUT2D eigenvalue weighted by Gasteiger charge is 2.39. The predicted octanol–water partition coefficient (Wildman–Crippen LogP) is 2.20. The van der Waals surface area contributed by atoms with Crippen molar-refractivity contribution < 1.29 is 21.6 Å². The molecular formula is C13H13F3N4O2S. The molecular weight excluding hydrogens is 333 g/mol. The van der Waals surface area contributed by atoms with Gasteiger partial charge in [-0.3, -0.25) is 0 Å². The Morgan fingerprint density at radius 2 is 1.78 bits per heavy atom. The number of benzene rings is 1. The number of hydrogen-bond acceptors (Lipinski definition) is 4. The van der Waals surface area contributed by atoms with E-state index in [-0.39, 0.29) is 16.6 Å². The van der Waals surface area contributed by atoms with Crippen LogP contribution in [-0.4, -0.2) is 23.2 Å². The maximum atomic E-state index is 12.9. The van der Waals surface area contributed by atoms with Crippen LogP contribution in [0.15, 0.2) is 29.2 Å². The number of primary sulfonamides is 1. The Morgan fingerprint density at radius 1 is 1.17 bits per heavy atom. The lowest BCUT2D eigenvalue weighted by molar-refractivity contribution is -0.144. The van der Waals surface area contributed by atoms with Crippen molar-refractivity contribution in [2.24, 2.45) is 5.14 Å². The number of halogens is 3. The highest BCUT2D eigenvalue weighted by atomic mass is 32.2. The third-order valence-electron chi connectivity index (χ3n) is 3.77. The highest BCUT2D eigenvalue weighted by molar-refractivity contribution is 7.89. The molecule has 3 rings (SSSR count). The number of nitrogens with two attached hydrogens (primary N) is 1. The zero-order valence-corrected chi connectivity index (χ0v) is 12.6. The van der Waals surface area contributed by atoms with Gasteiger partial charge < -0.3 is 0 Å². The molecule has 1 fully saturated rings. The van der Waals surface area contributed by atoms with Crippen LogP contribution in [0.1, 0.15) is 36.8 Å². The molecule has 1 aromatic carbocycles. The molecule has 0 radical (unpaired) electrons. The fourth-order valence-corrected chi connectivity index (χ4v) is 2.86. The fourth-order valence-electron chi connectivity index (χ4n) is 2.34. The molecule has 0 amide bonds. The van der Waals surface area contributed by atoms with Gasteiger partial charge >= 0.3 is 6.18 Å². The van der Waals surface area contributed by atoms with Gasteiger partial charge in [0, 0.05) is 5.92 Å². The van der Waals surface area contributed by atoms with Crippen molar-refractivity contribution >= 4 is 10.0 Å². The van der Waals surface area contributed by atoms with E-state index >= 15 is 0 Å². The Bertz CT molecular complexity index is 824. The second kappa shape index (κ2) is 5.31. The summed E-state index contributed by atoms with van der Waals surface area (Å²) >= 11 is 0. The SMILES string of the molecule is NS(=O)(=O)c1ccc(-n2nc(C(F)(F)F)nc2C2CCC2)cc1. The van der Waals surface area contributed by atoms with Crippen LogP contribution in [0, 0.1) is 0 Å². The van der Waals surface area contributed by atoms with Gasteiger partial charge in [0.1, 0.15) is 5.82 Å². The van der Waals surface area contributed by atoms with Crippen LogP contribution >= 0.6 is 0 Å². The summed E-state index contributed by atoms with van der Waals surface area (Å²) in [6.45, 7) is 0. The van der Waals surface area contributed by atoms with E-state index in [0.717, 1.165) is 23.9 Å². The third-order valence-corrected chi connectivity index (χ3v) is 4.70. The Balaban J connectivity index is 2.05. The van der Waals surface area contributed by atoms with E-state index in [0.29, 0.717) is 5.69 Å². The number of hydrogen-bond donors (Lipinski definition) is 1. The van der Waals surface area contributed by atoms with Crippen molar-refractivity contribution in [3.8, 4) is 5.69 Å². The average Bonchev–Trinajstić information content (AvgIpc) is 2.80. The Hall–Kier alpha value is -1.94. The summed E-state index contributed by atoms with van der Waals surface area (Å²) in [5, 5.41) is 8.55. The molecule has 2 N–H and O–H groups in total. The lowest BCUT2D eigenvalue weighted by atomic mass is 9.85. The second-order valence-corrected chi connectivity index (χ2v) is 6.93. The first-order valence-electron chi connectivity index (χ1n) is 6.83. The number of sulfonamides is 1. The van der Waals surface area contributed by atoms with Gasteiger partial charge in [-0.05, 0) is 37.1 Å². The smallest absolute Gasteiger partial charge is 0.225 e. The summed E-state index contributed by atoms with van der Waals surface area (Å²) in [5.74, 6) is -1.03. The molecule has 1 aromatic heterocycles. The standard InChI is InChI=1S/C13H13F3N4O2S/c14-13(15,16)12-18-11(8-2-1-3-8)20(19-12)9-4-6-10(7-5-9)23(17,21)22/h4-8H,1-3H2,(H2,17,21,22). The van der Waals surface area contributed by atoms with Gasteiger partial charge in [-0.15, -0.1) is 5.10 Å². The summed E-state index contributed by atoms with van der Waals surface area (Å²) in [4.78, 5) is 3.51. The Morgan fingerprint density at radius 3 is 2.22 bits per heavy atom. The molecule has 1 heterocycles. The van der Waals surface area contributed by atoms with E-state index in [9.17, 15) is 21.6 Å². The summed E-state index contributed by atoms with van der Waals surface area (Å²) in [6, 6.07) is 5.17. The number of rotatable bonds is 3. The van der Waals surface area contributed by atoms with Gasteiger partial charge in [0.2, 0.25) is 10.0 Å². The fraction of sp³-hybridized carbons (Fsp3) is 0.385. The van der Waals surface area contributed by atoms with Gasteiger partial charge in [0.25, 0.3) is 5.82 Å². The summed E-state index contributed by atoms with van der Waals surface area (Å²) < 4.78 is 62.2. The van der Waals surface area contributed by atoms with Crippen LogP contribution in [0.5, 0.6) is 0 Å². The highest BCUT2D eigenvalue weighted by Crippen LogP contribution is 2.38. The van der Waals surface area contributed by atoms with Crippen LogP contribution in [-0.2, 0) is 16.2 Å². The van der Waals surface area contributed by atoms with Gasteiger partial charge in [-0.2, -0.15) is 13.2 Å². The largest absolute Gasteiger partial charge is 0.453 e. The summed E-state index contributed by atoms with van der Waals surface area (Å²) in [5.41, 5.74) is 0.308. The van der Waals surface area contributed by atoms with Crippen molar-refractivity contribution in [2.75, 3.05) is 0 Å². The van der Waals surface area contributed by atoms with E-state index in [1.807, 2.05) is 0 Å². The Labute approximate surface area is 130 Å². The van der Waals surface area contributed by atoms with Crippen LogP contribution in [0.3, 0.4) is 0 Å². The minimum Gasteiger partial charge on any atom is -0.225 e. The molecule has 1 saturated carbocycles. The molecule has 0 spiro atoms. The van der Waals surface area contributed by atoms with Crippen molar-refractivity contribution in [1.29, 1.82) is 0 Å². The molecule has 0 bridgehead atoms. The molecule has 1 aliphatic carbocycles. The minimum absolute atomic E-state index is 0.0727. The van der Waals surface area contributed by atoms with Gasteiger partial charge in [0.15, 0.2) is 0 Å². The molecule has 0 unspecified atom stereocenters. The zero-order chi connectivity index (χ0) is 16.8. The van der Waals surface area contributed by atoms with E-state index in [2.05, 4.69) is 10.1 Å². The van der Waals surface area contributed by atoms with E-state index < -0.39 is 22.0 Å². The van der Waals surface area contributed by atoms with Gasteiger partial charge in [-0.25, -0.2) is 23.2 Å². The molecule has 23 heavy (non-hydrogen) atoms. The van der Waals surface area contributed by atoms with E-state index in [1.54, 1.807) is 0 Å². The maximum Gasteiger partial charge on any atom is 0.453 e. The molecule has 124 valence electrons. The minimum atomic E-state index is -4.63. The van der Waals surface area contributed by atoms with E-state index in [4.69, 9.17) is 5.14 Å². The lowest BCUT2D eigenvalue weighted by Crippen LogP contribution is -2.16. The quantitative estimate of drug-likeness (QED) is 0.922. The van der Waals surface area contributed by atoms with Crippen molar-refractivity contribution in [3.05, 3.63) is 35.9 Å². The normalized spacial score (nSPS) is 16.3. The summed E-state index contributed by atoms with van der Waals surface area (Å²) in [7, 11) is -3.87. The topological polar surface area (TPSA) is 90.9 Å². The summed E-state index contributed by atoms with van der Waals surface area (Å²) in [6.07, 6.45) is -2.19. The van der Waals surface area contributed by atoms with Gasteiger partial charge in [-0.1, -0.05) is 6.42 Å². The first-order chi connectivity index (χ1) is 10.7. The van der Waals surface area contributed by atoms with Crippen molar-refractivity contribution in [1.82, 2.24) is 14.8 Å². The monoisotopic (exact) mass is 346 g/mol. The average molecular weight is 346 g/mol.